The molecule has 1 aliphatic rings. The molecule has 112 valence electrons. The molecule has 0 aliphatic carbocycles. The highest BCUT2D eigenvalue weighted by Gasteiger charge is 2.29. The van der Waals surface area contributed by atoms with Crippen molar-refractivity contribution in [2.75, 3.05) is 13.7 Å². The van der Waals surface area contributed by atoms with Gasteiger partial charge in [-0.3, -0.25) is 9.69 Å². The predicted molar refractivity (Wildman–Crippen MR) is 79.9 cm³/mol. The second-order valence-corrected chi connectivity index (χ2v) is 5.98. The van der Waals surface area contributed by atoms with Crippen molar-refractivity contribution in [3.8, 4) is 10.8 Å². The van der Waals surface area contributed by atoms with Crippen LogP contribution in [0, 0.1) is 0 Å². The van der Waals surface area contributed by atoms with E-state index in [1.54, 1.807) is 17.6 Å². The first kappa shape index (κ1) is 14.3. The molecule has 2 aromatic rings. The summed E-state index contributed by atoms with van der Waals surface area (Å²) in [5.74, 6) is 0.644. The summed E-state index contributed by atoms with van der Waals surface area (Å²) in [7, 11) is 1.45. The van der Waals surface area contributed by atoms with Gasteiger partial charge in [-0.1, -0.05) is 6.42 Å². The Morgan fingerprint density at radius 1 is 1.57 bits per heavy atom. The fraction of sp³-hybridized carbons (Fsp3) is 0.467. The van der Waals surface area contributed by atoms with Crippen molar-refractivity contribution in [3.63, 3.8) is 0 Å². The van der Waals surface area contributed by atoms with Crippen LogP contribution in [0.3, 0.4) is 0 Å². The molecule has 0 amide bonds. The number of methoxy groups -OCH3 is 1. The van der Waals surface area contributed by atoms with Gasteiger partial charge in [0, 0.05) is 11.9 Å². The van der Waals surface area contributed by atoms with E-state index in [0.717, 1.165) is 42.3 Å². The zero-order valence-corrected chi connectivity index (χ0v) is 12.8. The molecule has 1 aliphatic heterocycles. The molecular weight excluding hydrogens is 288 g/mol. The summed E-state index contributed by atoms with van der Waals surface area (Å²) in [5.41, 5.74) is 0.974. The highest BCUT2D eigenvalue weighted by molar-refractivity contribution is 7.13. The number of rotatable bonds is 4. The molecule has 0 N–H and O–H groups in total. The SMILES string of the molecule is COC(=O)[C@H]1CCCCN1Cc1csc(-c2ccco2)n1. The topological polar surface area (TPSA) is 55.6 Å². The van der Waals surface area contributed by atoms with E-state index >= 15 is 0 Å². The molecule has 0 spiro atoms. The number of aromatic nitrogens is 1. The lowest BCUT2D eigenvalue weighted by atomic mass is 10.0. The van der Waals surface area contributed by atoms with Crippen LogP contribution in [-0.4, -0.2) is 35.5 Å². The summed E-state index contributed by atoms with van der Waals surface area (Å²) in [4.78, 5) is 18.6. The highest BCUT2D eigenvalue weighted by Crippen LogP contribution is 2.26. The van der Waals surface area contributed by atoms with E-state index in [0.29, 0.717) is 6.54 Å². The number of thiazole rings is 1. The Hall–Kier alpha value is -1.66. The van der Waals surface area contributed by atoms with Crippen molar-refractivity contribution in [1.29, 1.82) is 0 Å². The first-order chi connectivity index (χ1) is 10.3. The van der Waals surface area contributed by atoms with Crippen molar-refractivity contribution in [2.45, 2.75) is 31.8 Å². The zero-order valence-electron chi connectivity index (χ0n) is 11.9. The van der Waals surface area contributed by atoms with Crippen LogP contribution in [0.2, 0.25) is 0 Å². The maximum absolute atomic E-state index is 11.9. The molecule has 2 aromatic heterocycles. The van der Waals surface area contributed by atoms with Crippen molar-refractivity contribution >= 4 is 17.3 Å². The van der Waals surface area contributed by atoms with E-state index in [4.69, 9.17) is 9.15 Å². The first-order valence-corrected chi connectivity index (χ1v) is 7.96. The molecule has 0 unspecified atom stereocenters. The van der Waals surface area contributed by atoms with Gasteiger partial charge in [-0.2, -0.15) is 0 Å². The smallest absolute Gasteiger partial charge is 0.323 e. The second kappa shape index (κ2) is 6.41. The number of piperidine rings is 1. The van der Waals surface area contributed by atoms with E-state index in [1.165, 1.54) is 7.11 Å². The number of nitrogens with zero attached hydrogens (tertiary/aromatic N) is 2. The van der Waals surface area contributed by atoms with Crippen LogP contribution in [0.1, 0.15) is 25.0 Å². The molecule has 1 atom stereocenters. The van der Waals surface area contributed by atoms with Gasteiger partial charge in [0.25, 0.3) is 0 Å². The number of carbonyl (C=O) groups is 1. The third-order valence-electron chi connectivity index (χ3n) is 3.74. The molecule has 5 nitrogen and oxygen atoms in total. The number of ether oxygens (including phenoxy) is 1. The van der Waals surface area contributed by atoms with Crippen LogP contribution >= 0.6 is 11.3 Å². The molecule has 0 radical (unpaired) electrons. The monoisotopic (exact) mass is 306 g/mol. The number of likely N-dealkylation sites (tertiary alicyclic amines) is 1. The Kier molecular flexibility index (Phi) is 4.36. The minimum absolute atomic E-state index is 0.141. The number of esters is 1. The van der Waals surface area contributed by atoms with Gasteiger partial charge >= 0.3 is 5.97 Å². The van der Waals surface area contributed by atoms with Gasteiger partial charge in [0.15, 0.2) is 10.8 Å². The predicted octanol–water partition coefficient (Wildman–Crippen LogP) is 2.93. The number of hydrogen-bond acceptors (Lipinski definition) is 6. The second-order valence-electron chi connectivity index (χ2n) is 5.13. The Morgan fingerprint density at radius 2 is 2.48 bits per heavy atom. The molecule has 21 heavy (non-hydrogen) atoms. The zero-order chi connectivity index (χ0) is 14.7. The van der Waals surface area contributed by atoms with Crippen molar-refractivity contribution in [2.24, 2.45) is 0 Å². The molecular formula is C15H18N2O3S. The Morgan fingerprint density at radius 3 is 3.24 bits per heavy atom. The van der Waals surface area contributed by atoms with Crippen LogP contribution in [0.4, 0.5) is 0 Å². The van der Waals surface area contributed by atoms with Crippen LogP contribution in [0.5, 0.6) is 0 Å². The molecule has 6 heteroatoms. The Bertz CT molecular complexity index is 594. The molecule has 0 bridgehead atoms. The van der Waals surface area contributed by atoms with E-state index < -0.39 is 0 Å². The lowest BCUT2D eigenvalue weighted by Gasteiger charge is -2.33. The molecule has 1 fully saturated rings. The van der Waals surface area contributed by atoms with Crippen LogP contribution < -0.4 is 0 Å². The summed E-state index contributed by atoms with van der Waals surface area (Å²) in [6.07, 6.45) is 4.70. The van der Waals surface area contributed by atoms with Gasteiger partial charge in [0.05, 0.1) is 19.1 Å². The molecule has 3 rings (SSSR count). The Balaban J connectivity index is 1.71. The Labute approximate surface area is 127 Å². The minimum Gasteiger partial charge on any atom is -0.468 e. The lowest BCUT2D eigenvalue weighted by Crippen LogP contribution is -2.44. The number of furan rings is 1. The standard InChI is InChI=1S/C15H18N2O3S/c1-19-15(18)12-5-2-3-7-17(12)9-11-10-21-14(16-11)13-6-4-8-20-13/h4,6,8,10,12H,2-3,5,7,9H2,1H3/t12-/m1/s1. The molecule has 0 aromatic carbocycles. The largest absolute Gasteiger partial charge is 0.468 e. The first-order valence-electron chi connectivity index (χ1n) is 7.08. The van der Waals surface area contributed by atoms with Crippen LogP contribution in [-0.2, 0) is 16.1 Å². The summed E-state index contributed by atoms with van der Waals surface area (Å²) >= 11 is 1.56. The molecule has 1 saturated heterocycles. The summed E-state index contributed by atoms with van der Waals surface area (Å²) < 4.78 is 10.3. The van der Waals surface area contributed by atoms with Gasteiger partial charge in [-0.15, -0.1) is 11.3 Å². The van der Waals surface area contributed by atoms with E-state index in [-0.39, 0.29) is 12.0 Å². The molecule has 0 saturated carbocycles. The number of hydrogen-bond donors (Lipinski definition) is 0. The van der Waals surface area contributed by atoms with Crippen molar-refractivity contribution in [3.05, 3.63) is 29.5 Å². The fourth-order valence-corrected chi connectivity index (χ4v) is 3.46. The van der Waals surface area contributed by atoms with E-state index in [2.05, 4.69) is 9.88 Å². The highest BCUT2D eigenvalue weighted by atomic mass is 32.1. The average Bonchev–Trinajstić information content (AvgIpc) is 3.18. The quantitative estimate of drug-likeness (QED) is 0.813. The minimum atomic E-state index is -0.142. The maximum Gasteiger partial charge on any atom is 0.323 e. The summed E-state index contributed by atoms with van der Waals surface area (Å²) in [5, 5.41) is 2.91. The van der Waals surface area contributed by atoms with Crippen LogP contribution in [0.25, 0.3) is 10.8 Å². The van der Waals surface area contributed by atoms with Gasteiger partial charge in [0.1, 0.15) is 6.04 Å². The van der Waals surface area contributed by atoms with Crippen LogP contribution in [0.15, 0.2) is 28.2 Å². The lowest BCUT2D eigenvalue weighted by molar-refractivity contribution is -0.148. The van der Waals surface area contributed by atoms with Gasteiger partial charge in [-0.25, -0.2) is 4.98 Å². The maximum atomic E-state index is 11.9. The van der Waals surface area contributed by atoms with Gasteiger partial charge in [0.2, 0.25) is 0 Å². The summed E-state index contributed by atoms with van der Waals surface area (Å²) in [6, 6.07) is 3.62. The van der Waals surface area contributed by atoms with Gasteiger partial charge in [-0.05, 0) is 31.5 Å². The summed E-state index contributed by atoms with van der Waals surface area (Å²) in [6.45, 7) is 1.59. The van der Waals surface area contributed by atoms with Crippen molar-refractivity contribution < 1.29 is 13.9 Å². The van der Waals surface area contributed by atoms with Crippen molar-refractivity contribution in [1.82, 2.24) is 9.88 Å². The fourth-order valence-electron chi connectivity index (χ4n) is 2.68. The average molecular weight is 306 g/mol. The molecule has 3 heterocycles. The van der Waals surface area contributed by atoms with Gasteiger partial charge < -0.3 is 9.15 Å². The van der Waals surface area contributed by atoms with E-state index in [1.807, 2.05) is 17.5 Å². The third kappa shape index (κ3) is 3.16. The number of carbonyl (C=O) groups excluding carboxylic acids is 1. The third-order valence-corrected chi connectivity index (χ3v) is 4.64. The normalized spacial score (nSPS) is 19.6. The van der Waals surface area contributed by atoms with E-state index in [9.17, 15) is 4.79 Å².